The molecule has 0 bridgehead atoms. The molecule has 1 atom stereocenters. The average molecular weight is 498 g/mol. The molecular weight excluding hydrogens is 478 g/mol. The summed E-state index contributed by atoms with van der Waals surface area (Å²) in [4.78, 5) is 20.6. The van der Waals surface area contributed by atoms with Crippen LogP contribution in [0.2, 0.25) is 0 Å². The van der Waals surface area contributed by atoms with Crippen molar-refractivity contribution in [2.24, 2.45) is 0 Å². The molecule has 0 saturated heterocycles. The van der Waals surface area contributed by atoms with Crippen molar-refractivity contribution < 1.29 is 17.6 Å². The third-order valence-corrected chi connectivity index (χ3v) is 7.72. The Morgan fingerprint density at radius 2 is 1.64 bits per heavy atom. The highest BCUT2D eigenvalue weighted by Gasteiger charge is 2.34. The minimum Gasteiger partial charge on any atom is -0.437 e. The highest BCUT2D eigenvalue weighted by molar-refractivity contribution is 7.92. The Kier molecular flexibility index (Phi) is 5.74. The van der Waals surface area contributed by atoms with E-state index in [1.54, 1.807) is 55.5 Å². The first-order chi connectivity index (χ1) is 17.3. The molecule has 0 saturated carbocycles. The summed E-state index contributed by atoms with van der Waals surface area (Å²) in [5.41, 5.74) is 2.23. The van der Waals surface area contributed by atoms with Gasteiger partial charge >= 0.3 is 5.63 Å². The fourth-order valence-electron chi connectivity index (χ4n) is 3.76. The predicted octanol–water partition coefficient (Wildman–Crippen LogP) is 5.18. The molecule has 0 amide bonds. The summed E-state index contributed by atoms with van der Waals surface area (Å²) in [6.45, 7) is 3.68. The summed E-state index contributed by atoms with van der Waals surface area (Å²) in [7, 11) is -4.17. The zero-order chi connectivity index (χ0) is 25.4. The summed E-state index contributed by atoms with van der Waals surface area (Å²) in [6.07, 6.45) is 0. The molecule has 0 radical (unpaired) electrons. The Hall–Kier alpha value is -4.55. The van der Waals surface area contributed by atoms with Gasteiger partial charge in [0.1, 0.15) is 17.0 Å². The van der Waals surface area contributed by atoms with Crippen molar-refractivity contribution in [1.82, 2.24) is 9.97 Å². The SMILES string of the molecule is Cc1ccc(S(=O)(=O)C(C#N)c2nc3ccccc3nc2Oc2ccc3ccc(=O)oc3c2)cc1C. The highest BCUT2D eigenvalue weighted by atomic mass is 32.2. The van der Waals surface area contributed by atoms with E-state index in [1.807, 2.05) is 13.0 Å². The fraction of sp³-hybridized carbons (Fsp3) is 0.111. The molecule has 0 aliphatic heterocycles. The number of hydrogen-bond acceptors (Lipinski definition) is 8. The smallest absolute Gasteiger partial charge is 0.336 e. The Morgan fingerprint density at radius 3 is 2.36 bits per heavy atom. The lowest BCUT2D eigenvalue weighted by molar-refractivity contribution is 0.453. The van der Waals surface area contributed by atoms with Gasteiger partial charge in [-0.05, 0) is 67.4 Å². The molecule has 0 spiro atoms. The van der Waals surface area contributed by atoms with E-state index in [2.05, 4.69) is 9.97 Å². The van der Waals surface area contributed by atoms with Crippen molar-refractivity contribution >= 4 is 31.8 Å². The summed E-state index contributed by atoms with van der Waals surface area (Å²) < 4.78 is 38.4. The van der Waals surface area contributed by atoms with Gasteiger partial charge in [-0.1, -0.05) is 18.2 Å². The Morgan fingerprint density at radius 1 is 0.917 bits per heavy atom. The average Bonchev–Trinajstić information content (AvgIpc) is 2.86. The van der Waals surface area contributed by atoms with Gasteiger partial charge in [0.15, 0.2) is 5.25 Å². The van der Waals surface area contributed by atoms with E-state index in [0.717, 1.165) is 11.1 Å². The molecule has 5 aromatic rings. The van der Waals surface area contributed by atoms with E-state index in [-0.39, 0.29) is 27.8 Å². The van der Waals surface area contributed by atoms with E-state index >= 15 is 0 Å². The minimum atomic E-state index is -4.17. The molecule has 0 aliphatic rings. The molecule has 1 unspecified atom stereocenters. The van der Waals surface area contributed by atoms with E-state index in [0.29, 0.717) is 16.4 Å². The van der Waals surface area contributed by atoms with Gasteiger partial charge < -0.3 is 9.15 Å². The van der Waals surface area contributed by atoms with Crippen molar-refractivity contribution in [3.8, 4) is 17.7 Å². The summed E-state index contributed by atoms with van der Waals surface area (Å²) in [6, 6.07) is 21.2. The molecule has 36 heavy (non-hydrogen) atoms. The van der Waals surface area contributed by atoms with Crippen molar-refractivity contribution in [2.45, 2.75) is 24.0 Å². The van der Waals surface area contributed by atoms with Crippen LogP contribution in [-0.4, -0.2) is 18.4 Å². The van der Waals surface area contributed by atoms with E-state index in [4.69, 9.17) is 9.15 Å². The number of ether oxygens (including phenoxy) is 1. The molecule has 8 nitrogen and oxygen atoms in total. The maximum Gasteiger partial charge on any atom is 0.336 e. The quantitative estimate of drug-likeness (QED) is 0.304. The molecule has 0 fully saturated rings. The molecule has 0 aliphatic carbocycles. The van der Waals surface area contributed by atoms with Crippen LogP contribution in [0.3, 0.4) is 0 Å². The first-order valence-electron chi connectivity index (χ1n) is 11.0. The van der Waals surface area contributed by atoms with Gasteiger partial charge in [0.2, 0.25) is 15.7 Å². The largest absolute Gasteiger partial charge is 0.437 e. The van der Waals surface area contributed by atoms with Crippen molar-refractivity contribution in [1.29, 1.82) is 5.26 Å². The maximum absolute atomic E-state index is 13.6. The first kappa shape index (κ1) is 23.2. The molecule has 2 heterocycles. The summed E-state index contributed by atoms with van der Waals surface area (Å²) >= 11 is 0. The lowest BCUT2D eigenvalue weighted by Gasteiger charge is -2.16. The van der Waals surface area contributed by atoms with Crippen LogP contribution in [0.15, 0.2) is 86.9 Å². The second-order valence-electron chi connectivity index (χ2n) is 8.26. The van der Waals surface area contributed by atoms with Crippen LogP contribution in [0.4, 0.5) is 0 Å². The number of sulfone groups is 1. The Balaban J connectivity index is 1.67. The first-order valence-corrected chi connectivity index (χ1v) is 12.5. The zero-order valence-electron chi connectivity index (χ0n) is 19.3. The number of benzene rings is 3. The topological polar surface area (TPSA) is 123 Å². The normalized spacial score (nSPS) is 12.4. The van der Waals surface area contributed by atoms with Crippen LogP contribution in [0.5, 0.6) is 11.6 Å². The molecule has 3 aromatic carbocycles. The number of para-hydroxylation sites is 2. The fourth-order valence-corrected chi connectivity index (χ4v) is 5.22. The van der Waals surface area contributed by atoms with E-state index in [1.165, 1.54) is 24.3 Å². The molecule has 2 aromatic heterocycles. The third kappa shape index (κ3) is 4.19. The van der Waals surface area contributed by atoms with Crippen LogP contribution in [0.1, 0.15) is 22.1 Å². The van der Waals surface area contributed by atoms with Gasteiger partial charge in [0, 0.05) is 17.5 Å². The second kappa shape index (κ2) is 8.91. The number of fused-ring (bicyclic) bond motifs is 2. The van der Waals surface area contributed by atoms with Gasteiger partial charge in [-0.3, -0.25) is 0 Å². The maximum atomic E-state index is 13.6. The second-order valence-corrected chi connectivity index (χ2v) is 10.3. The number of hydrogen-bond donors (Lipinski definition) is 0. The van der Waals surface area contributed by atoms with Crippen LogP contribution < -0.4 is 10.4 Å². The number of nitrogens with zero attached hydrogens (tertiary/aromatic N) is 3. The standard InChI is InChI=1S/C27H19N3O5S/c1-16-7-11-20(13-17(16)2)36(32,33)24(15-28)26-27(30-22-6-4-3-5-21(22)29-26)34-19-10-8-18-9-12-25(31)35-23(18)14-19/h3-14,24H,1-2H3. The van der Waals surface area contributed by atoms with E-state index < -0.39 is 20.7 Å². The van der Waals surface area contributed by atoms with E-state index in [9.17, 15) is 18.5 Å². The number of nitriles is 1. The molecule has 9 heteroatoms. The lowest BCUT2D eigenvalue weighted by atomic mass is 10.1. The highest BCUT2D eigenvalue weighted by Crippen LogP contribution is 2.36. The van der Waals surface area contributed by atoms with Gasteiger partial charge in [-0.2, -0.15) is 5.26 Å². The molecule has 5 rings (SSSR count). The van der Waals surface area contributed by atoms with Crippen LogP contribution in [0, 0.1) is 25.2 Å². The van der Waals surface area contributed by atoms with Crippen molar-refractivity contribution in [2.75, 3.05) is 0 Å². The lowest BCUT2D eigenvalue weighted by Crippen LogP contribution is -2.16. The number of aromatic nitrogens is 2. The van der Waals surface area contributed by atoms with Gasteiger partial charge in [-0.15, -0.1) is 0 Å². The summed E-state index contributed by atoms with van der Waals surface area (Å²) in [5.74, 6) is 0.105. The number of aryl methyl sites for hydroxylation is 2. The van der Waals surface area contributed by atoms with Crippen LogP contribution >= 0.6 is 0 Å². The van der Waals surface area contributed by atoms with Gasteiger partial charge in [0.25, 0.3) is 0 Å². The van der Waals surface area contributed by atoms with Crippen molar-refractivity contribution in [3.63, 3.8) is 0 Å². The zero-order valence-corrected chi connectivity index (χ0v) is 20.1. The Bertz CT molecular complexity index is 1860. The van der Waals surface area contributed by atoms with Crippen molar-refractivity contribution in [3.05, 3.63) is 100 Å². The minimum absolute atomic E-state index is 0.00513. The molecule has 0 N–H and O–H groups in total. The molecular formula is C27H19N3O5S. The monoisotopic (exact) mass is 497 g/mol. The number of rotatable bonds is 5. The molecule has 178 valence electrons. The van der Waals surface area contributed by atoms with Crippen LogP contribution in [-0.2, 0) is 9.84 Å². The Labute approximate surface area is 206 Å². The van der Waals surface area contributed by atoms with Crippen LogP contribution in [0.25, 0.3) is 22.0 Å². The third-order valence-electron chi connectivity index (χ3n) is 5.86. The van der Waals surface area contributed by atoms with Gasteiger partial charge in [-0.25, -0.2) is 23.2 Å². The van der Waals surface area contributed by atoms with Gasteiger partial charge in [0.05, 0.1) is 22.0 Å². The predicted molar refractivity (Wildman–Crippen MR) is 134 cm³/mol. The summed E-state index contributed by atoms with van der Waals surface area (Å²) in [5, 5.41) is 9.04.